The molecule has 1 unspecified atom stereocenters. The average Bonchev–Trinajstić information content (AvgIpc) is 3.07. The summed E-state index contributed by atoms with van der Waals surface area (Å²) in [4.78, 5) is 31.9. The molecule has 2 amide bonds. The quantitative estimate of drug-likeness (QED) is 0.431. The van der Waals surface area contributed by atoms with E-state index in [0.29, 0.717) is 26.6 Å². The van der Waals surface area contributed by atoms with Crippen molar-refractivity contribution in [2.75, 3.05) is 5.32 Å². The number of amidine groups is 1. The molecule has 1 N–H and O–H groups in total. The molecule has 3 aromatic rings. The Kier molecular flexibility index (Phi) is 7.33. The van der Waals surface area contributed by atoms with Crippen molar-refractivity contribution >= 4 is 63.3 Å². The van der Waals surface area contributed by atoms with E-state index in [0.717, 1.165) is 5.56 Å². The monoisotopic (exact) mass is 501 g/mol. The molecule has 0 radical (unpaired) electrons. The molecular formula is C24H18Cl2FN3O2S. The summed E-state index contributed by atoms with van der Waals surface area (Å²) < 4.78 is 13.3. The summed E-state index contributed by atoms with van der Waals surface area (Å²) in [6.07, 6.45) is -0.0221. The number of benzene rings is 3. The summed E-state index contributed by atoms with van der Waals surface area (Å²) in [5, 5.41) is 3.75. The molecule has 1 aliphatic rings. The number of carbonyl (C=O) groups excluding carboxylic acids is 2. The van der Waals surface area contributed by atoms with Gasteiger partial charge in [-0.1, -0.05) is 47.1 Å². The van der Waals surface area contributed by atoms with Crippen LogP contribution in [-0.4, -0.2) is 27.1 Å². The number of hydrogen-bond acceptors (Lipinski definition) is 4. The zero-order chi connectivity index (χ0) is 23.4. The Bertz CT molecular complexity index is 1190. The predicted octanol–water partition coefficient (Wildman–Crippen LogP) is 6.29. The number of nitrogens with zero attached hydrogens (tertiary/aromatic N) is 2. The summed E-state index contributed by atoms with van der Waals surface area (Å²) >= 11 is 13.1. The Morgan fingerprint density at radius 1 is 0.970 bits per heavy atom. The van der Waals surface area contributed by atoms with Crippen LogP contribution in [0.25, 0.3) is 0 Å². The van der Waals surface area contributed by atoms with Crippen molar-refractivity contribution in [1.29, 1.82) is 0 Å². The van der Waals surface area contributed by atoms with Gasteiger partial charge in [-0.05, 0) is 66.2 Å². The predicted molar refractivity (Wildman–Crippen MR) is 132 cm³/mol. The molecule has 1 heterocycles. The molecule has 0 bridgehead atoms. The number of nitrogens with one attached hydrogen (secondary N) is 1. The number of carbonyl (C=O) groups is 2. The van der Waals surface area contributed by atoms with Gasteiger partial charge in [-0.2, -0.15) is 0 Å². The van der Waals surface area contributed by atoms with E-state index in [4.69, 9.17) is 23.2 Å². The fourth-order valence-electron chi connectivity index (χ4n) is 3.18. The van der Waals surface area contributed by atoms with Crippen molar-refractivity contribution in [1.82, 2.24) is 4.90 Å². The van der Waals surface area contributed by atoms with Gasteiger partial charge >= 0.3 is 0 Å². The van der Waals surface area contributed by atoms with Crippen LogP contribution >= 0.6 is 35.0 Å². The second-order valence-electron chi connectivity index (χ2n) is 7.29. The summed E-state index contributed by atoms with van der Waals surface area (Å²) in [6, 6.07) is 19.6. The minimum atomic E-state index is -0.635. The van der Waals surface area contributed by atoms with Crippen LogP contribution in [0.2, 0.25) is 10.0 Å². The zero-order valence-corrected chi connectivity index (χ0v) is 19.5. The third kappa shape index (κ3) is 6.13. The van der Waals surface area contributed by atoms with E-state index in [1.54, 1.807) is 36.4 Å². The molecule has 1 fully saturated rings. The van der Waals surface area contributed by atoms with Crippen LogP contribution in [0.4, 0.5) is 15.8 Å². The molecule has 9 heteroatoms. The van der Waals surface area contributed by atoms with Gasteiger partial charge in [0.25, 0.3) is 0 Å². The van der Waals surface area contributed by atoms with E-state index in [-0.39, 0.29) is 30.6 Å². The smallest absolute Gasteiger partial charge is 0.242 e. The van der Waals surface area contributed by atoms with E-state index in [9.17, 15) is 14.0 Å². The lowest BCUT2D eigenvalue weighted by Gasteiger charge is -2.17. The Morgan fingerprint density at radius 3 is 2.21 bits per heavy atom. The summed E-state index contributed by atoms with van der Waals surface area (Å²) in [5.74, 6) is -0.886. The van der Waals surface area contributed by atoms with Gasteiger partial charge in [0.1, 0.15) is 11.1 Å². The lowest BCUT2D eigenvalue weighted by Crippen LogP contribution is -2.33. The minimum absolute atomic E-state index is 0.0221. The average molecular weight is 502 g/mol. The number of rotatable bonds is 6. The summed E-state index contributed by atoms with van der Waals surface area (Å²) in [5.41, 5.74) is 1.98. The van der Waals surface area contributed by atoms with Gasteiger partial charge in [-0.15, -0.1) is 0 Å². The second kappa shape index (κ2) is 10.4. The van der Waals surface area contributed by atoms with Crippen molar-refractivity contribution in [3.63, 3.8) is 0 Å². The van der Waals surface area contributed by atoms with Crippen LogP contribution in [0, 0.1) is 5.82 Å². The number of halogens is 3. The maximum absolute atomic E-state index is 13.3. The number of thioether (sulfide) groups is 1. The van der Waals surface area contributed by atoms with Crippen LogP contribution in [-0.2, 0) is 16.1 Å². The standard InChI is InChI=1S/C24H18Cl2FN3O2S/c25-16-3-1-15(2-4-16)14-30-23(32)21(13-22(31)28-19-9-5-17(26)6-10-19)33-24(30)29-20-11-7-18(27)8-12-20/h1-12,21H,13-14H2,(H,28,31). The lowest BCUT2D eigenvalue weighted by molar-refractivity contribution is -0.128. The zero-order valence-electron chi connectivity index (χ0n) is 17.2. The van der Waals surface area contributed by atoms with Crippen molar-refractivity contribution in [2.24, 2.45) is 4.99 Å². The van der Waals surface area contributed by atoms with Gasteiger partial charge in [0.05, 0.1) is 12.2 Å². The molecular weight excluding hydrogens is 484 g/mol. The normalized spacial score (nSPS) is 16.9. The fourth-order valence-corrected chi connectivity index (χ4v) is 4.59. The third-order valence-corrected chi connectivity index (χ3v) is 6.50. The van der Waals surface area contributed by atoms with Crippen LogP contribution in [0.3, 0.4) is 0 Å². The van der Waals surface area contributed by atoms with E-state index >= 15 is 0 Å². The minimum Gasteiger partial charge on any atom is -0.326 e. The van der Waals surface area contributed by atoms with Gasteiger partial charge in [0.15, 0.2) is 5.17 Å². The Morgan fingerprint density at radius 2 is 1.58 bits per heavy atom. The first kappa shape index (κ1) is 23.3. The van der Waals surface area contributed by atoms with E-state index in [2.05, 4.69) is 10.3 Å². The topological polar surface area (TPSA) is 61.8 Å². The van der Waals surface area contributed by atoms with Crippen molar-refractivity contribution in [2.45, 2.75) is 18.2 Å². The molecule has 0 spiro atoms. The number of hydrogen-bond donors (Lipinski definition) is 1. The highest BCUT2D eigenvalue weighted by Crippen LogP contribution is 2.33. The molecule has 0 aliphatic carbocycles. The van der Waals surface area contributed by atoms with Gasteiger partial charge in [0, 0.05) is 22.2 Å². The first-order valence-electron chi connectivity index (χ1n) is 9.99. The molecule has 1 atom stereocenters. The highest BCUT2D eigenvalue weighted by atomic mass is 35.5. The molecule has 4 rings (SSSR count). The van der Waals surface area contributed by atoms with Crippen LogP contribution in [0.5, 0.6) is 0 Å². The molecule has 1 saturated heterocycles. The van der Waals surface area contributed by atoms with E-state index in [1.807, 2.05) is 12.1 Å². The second-order valence-corrected chi connectivity index (χ2v) is 9.33. The van der Waals surface area contributed by atoms with Gasteiger partial charge in [-0.3, -0.25) is 14.5 Å². The van der Waals surface area contributed by atoms with Crippen LogP contribution in [0.1, 0.15) is 12.0 Å². The third-order valence-electron chi connectivity index (χ3n) is 4.82. The summed E-state index contributed by atoms with van der Waals surface area (Å²) in [6.45, 7) is 0.276. The van der Waals surface area contributed by atoms with Gasteiger partial charge in [-0.25, -0.2) is 9.38 Å². The van der Waals surface area contributed by atoms with Crippen LogP contribution in [0.15, 0.2) is 77.8 Å². The van der Waals surface area contributed by atoms with E-state index in [1.165, 1.54) is 40.9 Å². The SMILES string of the molecule is O=C(CC1SC(=Nc2ccc(F)cc2)N(Cc2ccc(Cl)cc2)C1=O)Nc1ccc(Cl)cc1. The number of aliphatic imine (C=N–C) groups is 1. The lowest BCUT2D eigenvalue weighted by atomic mass is 10.2. The molecule has 168 valence electrons. The molecule has 33 heavy (non-hydrogen) atoms. The summed E-state index contributed by atoms with van der Waals surface area (Å²) in [7, 11) is 0. The number of anilines is 1. The van der Waals surface area contributed by atoms with E-state index < -0.39 is 5.25 Å². The van der Waals surface area contributed by atoms with Crippen molar-refractivity contribution in [3.8, 4) is 0 Å². The first-order chi connectivity index (χ1) is 15.9. The van der Waals surface area contributed by atoms with Gasteiger partial charge < -0.3 is 5.32 Å². The Balaban J connectivity index is 1.53. The largest absolute Gasteiger partial charge is 0.326 e. The molecule has 0 saturated carbocycles. The Hall–Kier alpha value is -2.87. The molecule has 1 aliphatic heterocycles. The maximum Gasteiger partial charge on any atom is 0.242 e. The highest BCUT2D eigenvalue weighted by Gasteiger charge is 2.39. The Labute approximate surface area is 204 Å². The molecule has 5 nitrogen and oxygen atoms in total. The van der Waals surface area contributed by atoms with Crippen molar-refractivity contribution in [3.05, 3.63) is 94.2 Å². The maximum atomic E-state index is 13.3. The molecule has 0 aromatic heterocycles. The highest BCUT2D eigenvalue weighted by molar-refractivity contribution is 8.15. The number of amides is 2. The fraction of sp³-hybridized carbons (Fsp3) is 0.125. The van der Waals surface area contributed by atoms with Crippen molar-refractivity contribution < 1.29 is 14.0 Å². The molecule has 3 aromatic carbocycles. The van der Waals surface area contributed by atoms with Crippen LogP contribution < -0.4 is 5.32 Å². The van der Waals surface area contributed by atoms with Gasteiger partial charge in [0.2, 0.25) is 11.8 Å². The first-order valence-corrected chi connectivity index (χ1v) is 11.6.